The van der Waals surface area contributed by atoms with Crippen LogP contribution in [-0.2, 0) is 96.1 Å². The SMILES string of the molecule is CC#N.CC(C)(C)OC(=O)C[C@@H](CCC(=O)N1CC(OCc2ccccc2)CC1C(=O)O)C(=O)OC(C)(C)C.CC(C)(C)OC(=O)N1CC(O)CC1C(=O)O.CC(C)(C)OC(=O)N1CC(OCc2ccccc2)CC1C(=O)O.Cl.Cl.N[C@@H](CCC(=O)N1CC(OCc2ccccc2)CC1C(=O)O)C(=O)O. The molecular formula is C73H106Cl2N6O24. The number of carbonyl (C=O) groups excluding carboxylic acids is 6. The summed E-state index contributed by atoms with van der Waals surface area (Å²) < 4.78 is 38.5. The number of ether oxygens (including phenoxy) is 7. The van der Waals surface area contributed by atoms with Gasteiger partial charge in [-0.2, -0.15) is 5.26 Å². The van der Waals surface area contributed by atoms with Gasteiger partial charge in [0.1, 0.15) is 52.6 Å². The van der Waals surface area contributed by atoms with Crippen LogP contribution >= 0.6 is 24.8 Å². The average molecular weight is 1520 g/mol. The highest BCUT2D eigenvalue weighted by Gasteiger charge is 2.45. The number of rotatable bonds is 23. The van der Waals surface area contributed by atoms with Crippen LogP contribution in [0.15, 0.2) is 91.0 Å². The molecule has 32 heteroatoms. The number of halogens is 2. The van der Waals surface area contributed by atoms with E-state index in [2.05, 4.69) is 0 Å². The minimum absolute atomic E-state index is 0. The highest BCUT2D eigenvalue weighted by Crippen LogP contribution is 2.29. The topological polar surface area (TPSA) is 437 Å². The van der Waals surface area contributed by atoms with E-state index in [1.165, 1.54) is 21.6 Å². The number of aliphatic carboxylic acids is 5. The lowest BCUT2D eigenvalue weighted by Crippen LogP contribution is -2.43. The molecule has 30 nitrogen and oxygen atoms in total. The zero-order valence-corrected chi connectivity index (χ0v) is 63.5. The molecule has 4 saturated heterocycles. The molecule has 0 spiro atoms. The second-order valence-electron chi connectivity index (χ2n) is 28.9. The number of carbonyl (C=O) groups is 11. The Morgan fingerprint density at radius 2 is 0.762 bits per heavy atom. The van der Waals surface area contributed by atoms with Crippen molar-refractivity contribution in [1.29, 1.82) is 5.26 Å². The van der Waals surface area contributed by atoms with Gasteiger partial charge in [0.2, 0.25) is 11.8 Å². The summed E-state index contributed by atoms with van der Waals surface area (Å²) in [5.74, 6) is -8.43. The number of hydrogen-bond acceptors (Lipinski definition) is 21. The van der Waals surface area contributed by atoms with Gasteiger partial charge in [0.05, 0.1) is 75.7 Å². The zero-order chi connectivity index (χ0) is 77.7. The van der Waals surface area contributed by atoms with Crippen molar-refractivity contribution in [2.75, 3.05) is 26.2 Å². The van der Waals surface area contributed by atoms with Gasteiger partial charge >= 0.3 is 54.0 Å². The molecule has 0 bridgehead atoms. The van der Waals surface area contributed by atoms with Crippen LogP contribution in [0.1, 0.15) is 164 Å². The van der Waals surface area contributed by atoms with Crippen LogP contribution < -0.4 is 5.73 Å². The minimum atomic E-state index is -1.19. The molecule has 4 fully saturated rings. The maximum atomic E-state index is 13.0. The van der Waals surface area contributed by atoms with Crippen molar-refractivity contribution < 1.29 is 117 Å². The third kappa shape index (κ3) is 35.8. The highest BCUT2D eigenvalue weighted by atomic mass is 35.5. The summed E-state index contributed by atoms with van der Waals surface area (Å²) in [6, 6.07) is 25.3. The van der Waals surface area contributed by atoms with E-state index in [0.717, 1.165) is 21.6 Å². The van der Waals surface area contributed by atoms with Crippen LogP contribution in [0.4, 0.5) is 9.59 Å². The fourth-order valence-corrected chi connectivity index (χ4v) is 10.7. The second kappa shape index (κ2) is 44.3. The Kier molecular flexibility index (Phi) is 39.8. The Hall–Kier alpha value is -8.70. The molecule has 0 radical (unpaired) electrons. The van der Waals surface area contributed by atoms with Crippen molar-refractivity contribution in [3.8, 4) is 6.07 Å². The Balaban J connectivity index is 0.000000710. The number of carboxylic acid groups (broad SMARTS) is 5. The van der Waals surface area contributed by atoms with E-state index in [1.807, 2.05) is 91.0 Å². The summed E-state index contributed by atoms with van der Waals surface area (Å²) in [5.41, 5.74) is 5.50. The van der Waals surface area contributed by atoms with Crippen molar-refractivity contribution in [3.05, 3.63) is 108 Å². The first-order valence-corrected chi connectivity index (χ1v) is 33.8. The molecule has 8 N–H and O–H groups in total. The van der Waals surface area contributed by atoms with Gasteiger partial charge in [0.15, 0.2) is 0 Å². The van der Waals surface area contributed by atoms with Gasteiger partial charge in [-0.1, -0.05) is 91.0 Å². The third-order valence-electron chi connectivity index (χ3n) is 15.4. The van der Waals surface area contributed by atoms with Crippen LogP contribution in [0, 0.1) is 17.2 Å². The first-order chi connectivity index (χ1) is 47.9. The lowest BCUT2D eigenvalue weighted by Gasteiger charge is -2.26. The predicted octanol–water partition coefficient (Wildman–Crippen LogP) is 8.66. The molecule has 0 saturated carbocycles. The van der Waals surface area contributed by atoms with Crippen LogP contribution in [0.25, 0.3) is 0 Å². The number of hydrogen-bond donors (Lipinski definition) is 7. The maximum Gasteiger partial charge on any atom is 0.411 e. The van der Waals surface area contributed by atoms with E-state index < -0.39 is 137 Å². The monoisotopic (exact) mass is 1520 g/mol. The van der Waals surface area contributed by atoms with Crippen LogP contribution in [0.3, 0.4) is 0 Å². The van der Waals surface area contributed by atoms with Gasteiger partial charge in [-0.05, 0) is 113 Å². The number of nitriles is 1. The summed E-state index contributed by atoms with van der Waals surface area (Å²) in [6.07, 6.45) is -2.97. The van der Waals surface area contributed by atoms with Crippen molar-refractivity contribution >= 4 is 90.6 Å². The van der Waals surface area contributed by atoms with Crippen molar-refractivity contribution in [3.63, 3.8) is 0 Å². The fraction of sp³-hybridized carbons (Fsp3) is 0.589. The summed E-state index contributed by atoms with van der Waals surface area (Å²) in [4.78, 5) is 135. The summed E-state index contributed by atoms with van der Waals surface area (Å²) in [5, 5.41) is 62.7. The largest absolute Gasteiger partial charge is 0.480 e. The van der Waals surface area contributed by atoms with Crippen LogP contribution in [0.2, 0.25) is 0 Å². The molecule has 4 amide bonds. The number of esters is 2. The number of nitrogens with two attached hydrogens (primary N) is 1. The van der Waals surface area contributed by atoms with Crippen molar-refractivity contribution in [2.45, 2.75) is 245 Å². The van der Waals surface area contributed by atoms with E-state index in [4.69, 9.17) is 54.4 Å². The Bertz CT molecular complexity index is 3320. The van der Waals surface area contributed by atoms with Crippen LogP contribution in [0.5, 0.6) is 0 Å². The number of likely N-dealkylation sites (tertiary alicyclic amines) is 4. The number of benzene rings is 3. The molecular weight excluding hydrogens is 1420 g/mol. The number of amides is 4. The van der Waals surface area contributed by atoms with Gasteiger partial charge in [0, 0.05) is 58.5 Å². The number of nitrogens with zero attached hydrogens (tertiary/aromatic N) is 5. The van der Waals surface area contributed by atoms with E-state index in [-0.39, 0.29) is 121 Å². The number of β-amino-alcohol motifs (C(OH)–C–C–N with tert-alkyl or cyclic N) is 1. The lowest BCUT2D eigenvalue weighted by molar-refractivity contribution is -0.167. The van der Waals surface area contributed by atoms with Gasteiger partial charge < -0.3 is 79.3 Å². The summed E-state index contributed by atoms with van der Waals surface area (Å²) in [7, 11) is 0. The molecule has 8 unspecified atom stereocenters. The second-order valence-corrected chi connectivity index (χ2v) is 28.9. The van der Waals surface area contributed by atoms with E-state index in [9.17, 15) is 73.2 Å². The number of aliphatic hydroxyl groups is 1. The predicted molar refractivity (Wildman–Crippen MR) is 384 cm³/mol. The van der Waals surface area contributed by atoms with Crippen molar-refractivity contribution in [2.24, 2.45) is 11.7 Å². The molecule has 3 aromatic carbocycles. The Labute approximate surface area is 625 Å². The van der Waals surface area contributed by atoms with E-state index in [1.54, 1.807) is 89.2 Å². The molecule has 0 aromatic heterocycles. The fourth-order valence-electron chi connectivity index (χ4n) is 10.7. The van der Waals surface area contributed by atoms with E-state index >= 15 is 0 Å². The lowest BCUT2D eigenvalue weighted by atomic mass is 9.98. The zero-order valence-electron chi connectivity index (χ0n) is 61.9. The van der Waals surface area contributed by atoms with Gasteiger partial charge in [-0.15, -0.1) is 24.8 Å². The highest BCUT2D eigenvalue weighted by molar-refractivity contribution is 5.87. The molecule has 4 aliphatic heterocycles. The van der Waals surface area contributed by atoms with Crippen molar-refractivity contribution in [1.82, 2.24) is 19.6 Å². The molecule has 0 aliphatic carbocycles. The molecule has 4 heterocycles. The number of carboxylic acids is 5. The quantitative estimate of drug-likeness (QED) is 0.0345. The Morgan fingerprint density at radius 1 is 0.467 bits per heavy atom. The summed E-state index contributed by atoms with van der Waals surface area (Å²) >= 11 is 0. The molecule has 3 aromatic rings. The van der Waals surface area contributed by atoms with Crippen LogP contribution in [-0.4, -0.2) is 219 Å². The van der Waals surface area contributed by atoms with Gasteiger partial charge in [-0.25, -0.2) is 28.8 Å². The molecule has 4 aliphatic rings. The maximum absolute atomic E-state index is 13.0. The minimum Gasteiger partial charge on any atom is -0.480 e. The normalized spacial score (nSPS) is 20.2. The van der Waals surface area contributed by atoms with E-state index in [0.29, 0.717) is 19.8 Å². The number of aliphatic hydroxyl groups excluding tert-OH is 1. The molecule has 10 atom stereocenters. The molecule has 7 rings (SSSR count). The summed E-state index contributed by atoms with van der Waals surface area (Å²) in [6.45, 7) is 23.7. The smallest absolute Gasteiger partial charge is 0.411 e. The average Bonchev–Trinajstić information content (AvgIpc) is 1.71. The third-order valence-corrected chi connectivity index (χ3v) is 15.4. The molecule has 586 valence electrons. The molecule has 105 heavy (non-hydrogen) atoms. The first-order valence-electron chi connectivity index (χ1n) is 33.8. The van der Waals surface area contributed by atoms with Gasteiger partial charge in [0.25, 0.3) is 0 Å². The van der Waals surface area contributed by atoms with Gasteiger partial charge in [-0.3, -0.25) is 33.8 Å². The standard InChI is InChI=1S/C27H39NO8.C17H22N2O6.C17H23NO5.C10H17NO5.C2H3N.2ClH/c1-26(2,3)35-23(30)14-19(25(33)36-27(4,5)6)12-13-22(29)28-16-20(15-21(28)24(31)32)34-17-18-10-8-7-9-11-18;18-13(16(21)22)6-7-15(20)19-9-12(8-14(19)17(23)24)25-10-11-4-2-1-3-5-11;1-17(2,3)23-16(21)18-10-13(9-14(18)15(19)20)22-11-12-7-5-4-6-8-12;1-10(2,3)16-9(15)11-5-6(12)4-7(11)8(13)14;1-2-3;;/h7-11,19-21H,12-17H2,1-6H3,(H,31,32);1-5,12-14H,6-10,18H2,(H,21,22)(H,23,24);4-8,13-14H,9-11H2,1-3H3,(H,19,20);6-7,12H,4-5H2,1-3H3,(H,13,14);1H3;2*1H/t19-,20?,21?;12?,13-,14?;;;;;/m10...../s1. The first kappa shape index (κ1) is 94.3. The Morgan fingerprint density at radius 3 is 1.08 bits per heavy atom.